The van der Waals surface area contributed by atoms with Crippen molar-refractivity contribution in [1.82, 2.24) is 15.2 Å². The van der Waals surface area contributed by atoms with E-state index in [0.29, 0.717) is 18.5 Å². The van der Waals surface area contributed by atoms with E-state index in [2.05, 4.69) is 15.2 Å². The van der Waals surface area contributed by atoms with Gasteiger partial charge in [0, 0.05) is 31.0 Å². The van der Waals surface area contributed by atoms with Gasteiger partial charge in [-0.25, -0.2) is 0 Å². The van der Waals surface area contributed by atoms with Crippen molar-refractivity contribution in [1.29, 1.82) is 0 Å². The first-order chi connectivity index (χ1) is 8.84. The van der Waals surface area contributed by atoms with Gasteiger partial charge in [-0.15, -0.1) is 12.4 Å². The van der Waals surface area contributed by atoms with Crippen molar-refractivity contribution in [2.75, 3.05) is 13.1 Å². The molecule has 5 heteroatoms. The molecule has 3 heterocycles. The van der Waals surface area contributed by atoms with Crippen LogP contribution >= 0.6 is 12.4 Å². The third-order valence-electron chi connectivity index (χ3n) is 4.02. The minimum absolute atomic E-state index is 0. The number of nitrogens with zero attached hydrogens (tertiary/aromatic N) is 2. The second-order valence-electron chi connectivity index (χ2n) is 5.22. The summed E-state index contributed by atoms with van der Waals surface area (Å²) in [5.74, 6) is 0.263. The molecular formula is C14H20ClN3O. The Balaban J connectivity index is 0.00000133. The number of nitrogens with one attached hydrogen (secondary N) is 1. The van der Waals surface area contributed by atoms with Crippen molar-refractivity contribution in [3.05, 3.63) is 30.1 Å². The largest absolute Gasteiger partial charge is 0.335 e. The Morgan fingerprint density at radius 2 is 2.21 bits per heavy atom. The summed E-state index contributed by atoms with van der Waals surface area (Å²) in [5, 5.41) is 3.42. The maximum absolute atomic E-state index is 12.5. The highest BCUT2D eigenvalue weighted by atomic mass is 35.5. The normalized spacial score (nSPS) is 25.6. The van der Waals surface area contributed by atoms with Gasteiger partial charge in [0.2, 0.25) is 5.91 Å². The van der Waals surface area contributed by atoms with Crippen LogP contribution in [0, 0.1) is 0 Å². The maximum Gasteiger partial charge on any atom is 0.227 e. The van der Waals surface area contributed by atoms with Crippen molar-refractivity contribution >= 4 is 18.3 Å². The maximum atomic E-state index is 12.5. The fraction of sp³-hybridized carbons (Fsp3) is 0.571. The fourth-order valence-electron chi connectivity index (χ4n) is 3.16. The fourth-order valence-corrected chi connectivity index (χ4v) is 3.16. The summed E-state index contributed by atoms with van der Waals surface area (Å²) in [5.41, 5.74) is 1.01. The second kappa shape index (κ2) is 6.35. The van der Waals surface area contributed by atoms with Crippen LogP contribution in [0.2, 0.25) is 0 Å². The minimum atomic E-state index is 0. The molecule has 0 radical (unpaired) electrons. The van der Waals surface area contributed by atoms with Crippen LogP contribution in [0.1, 0.15) is 24.8 Å². The van der Waals surface area contributed by atoms with Gasteiger partial charge in [0.25, 0.3) is 0 Å². The topological polar surface area (TPSA) is 45.2 Å². The van der Waals surface area contributed by atoms with Gasteiger partial charge in [-0.05, 0) is 37.4 Å². The van der Waals surface area contributed by atoms with Gasteiger partial charge in [0.05, 0.1) is 6.42 Å². The molecular weight excluding hydrogens is 262 g/mol. The van der Waals surface area contributed by atoms with Gasteiger partial charge < -0.3 is 10.2 Å². The van der Waals surface area contributed by atoms with Crippen LogP contribution in [0.3, 0.4) is 0 Å². The number of amides is 1. The van der Waals surface area contributed by atoms with Gasteiger partial charge in [0.1, 0.15) is 0 Å². The standard InChI is InChI=1S/C14H19N3O.ClH/c18-14(8-11-2-1-6-15-9-11)17-12-3-4-13(17)10-16-7-5-12;/h1-2,6,9,12-13,16H,3-5,7-8,10H2;1H. The number of pyridine rings is 1. The van der Waals surface area contributed by atoms with Gasteiger partial charge in [-0.2, -0.15) is 0 Å². The first-order valence-electron chi connectivity index (χ1n) is 6.75. The molecule has 2 saturated heterocycles. The summed E-state index contributed by atoms with van der Waals surface area (Å²) in [6, 6.07) is 4.72. The second-order valence-corrected chi connectivity index (χ2v) is 5.22. The van der Waals surface area contributed by atoms with E-state index in [-0.39, 0.29) is 18.3 Å². The van der Waals surface area contributed by atoms with Crippen LogP contribution in [0.5, 0.6) is 0 Å². The predicted octanol–water partition coefficient (Wildman–Crippen LogP) is 1.40. The van der Waals surface area contributed by atoms with Crippen LogP contribution in [-0.2, 0) is 11.2 Å². The average Bonchev–Trinajstić information content (AvgIpc) is 2.64. The monoisotopic (exact) mass is 281 g/mol. The molecule has 1 N–H and O–H groups in total. The van der Waals surface area contributed by atoms with Crippen molar-refractivity contribution in [3.63, 3.8) is 0 Å². The number of rotatable bonds is 2. The molecule has 0 aliphatic carbocycles. The molecule has 19 heavy (non-hydrogen) atoms. The van der Waals surface area contributed by atoms with E-state index in [1.165, 1.54) is 6.42 Å². The number of aromatic nitrogens is 1. The molecule has 3 rings (SSSR count). The average molecular weight is 282 g/mol. The Morgan fingerprint density at radius 1 is 1.37 bits per heavy atom. The predicted molar refractivity (Wildman–Crippen MR) is 76.3 cm³/mol. The summed E-state index contributed by atoms with van der Waals surface area (Å²) in [6.45, 7) is 1.99. The lowest BCUT2D eigenvalue weighted by Gasteiger charge is -2.28. The summed E-state index contributed by atoms with van der Waals surface area (Å²) in [4.78, 5) is 18.7. The Labute approximate surface area is 120 Å². The molecule has 1 aromatic rings. The van der Waals surface area contributed by atoms with E-state index in [4.69, 9.17) is 0 Å². The molecule has 1 aromatic heterocycles. The number of fused-ring (bicyclic) bond motifs is 2. The van der Waals surface area contributed by atoms with Crippen LogP contribution in [0.15, 0.2) is 24.5 Å². The quantitative estimate of drug-likeness (QED) is 0.891. The Morgan fingerprint density at radius 3 is 3.00 bits per heavy atom. The molecule has 2 fully saturated rings. The summed E-state index contributed by atoms with van der Waals surface area (Å²) in [7, 11) is 0. The number of hydrogen-bond acceptors (Lipinski definition) is 3. The molecule has 2 aliphatic rings. The van der Waals surface area contributed by atoms with E-state index in [9.17, 15) is 4.79 Å². The molecule has 1 amide bonds. The highest BCUT2D eigenvalue weighted by Gasteiger charge is 2.37. The van der Waals surface area contributed by atoms with E-state index in [0.717, 1.165) is 31.5 Å². The molecule has 4 nitrogen and oxygen atoms in total. The van der Waals surface area contributed by atoms with E-state index in [1.807, 2.05) is 12.1 Å². The highest BCUT2D eigenvalue weighted by Crippen LogP contribution is 2.28. The highest BCUT2D eigenvalue weighted by molar-refractivity contribution is 5.85. The minimum Gasteiger partial charge on any atom is -0.335 e. The lowest BCUT2D eigenvalue weighted by molar-refractivity contribution is -0.133. The number of hydrogen-bond donors (Lipinski definition) is 1. The SMILES string of the molecule is Cl.O=C(Cc1cccnc1)N1C2CCNCC1CC2. The van der Waals surface area contributed by atoms with Gasteiger partial charge in [0.15, 0.2) is 0 Å². The summed E-state index contributed by atoms with van der Waals surface area (Å²) >= 11 is 0. The third kappa shape index (κ3) is 3.07. The van der Waals surface area contributed by atoms with Crippen molar-refractivity contribution in [3.8, 4) is 0 Å². The number of halogens is 1. The zero-order chi connectivity index (χ0) is 12.4. The smallest absolute Gasteiger partial charge is 0.227 e. The molecule has 0 aromatic carbocycles. The summed E-state index contributed by atoms with van der Waals surface area (Å²) < 4.78 is 0. The number of carbonyl (C=O) groups excluding carboxylic acids is 1. The molecule has 0 saturated carbocycles. The molecule has 104 valence electrons. The van der Waals surface area contributed by atoms with Crippen LogP contribution in [-0.4, -0.2) is 41.0 Å². The molecule has 2 bridgehead atoms. The van der Waals surface area contributed by atoms with Crippen molar-refractivity contribution in [2.45, 2.75) is 37.8 Å². The zero-order valence-corrected chi connectivity index (χ0v) is 11.7. The molecule has 2 atom stereocenters. The Bertz CT molecular complexity index is 412. The van der Waals surface area contributed by atoms with Gasteiger partial charge in [-0.3, -0.25) is 9.78 Å². The zero-order valence-electron chi connectivity index (χ0n) is 10.9. The summed E-state index contributed by atoms with van der Waals surface area (Å²) in [6.07, 6.45) is 7.43. The molecule has 0 spiro atoms. The number of carbonyl (C=O) groups is 1. The van der Waals surface area contributed by atoms with Crippen LogP contribution in [0.4, 0.5) is 0 Å². The van der Waals surface area contributed by atoms with E-state index < -0.39 is 0 Å². The van der Waals surface area contributed by atoms with Crippen molar-refractivity contribution in [2.24, 2.45) is 0 Å². The lowest BCUT2D eigenvalue weighted by atomic mass is 10.1. The van der Waals surface area contributed by atoms with Gasteiger partial charge in [-0.1, -0.05) is 6.07 Å². The molecule has 2 unspecified atom stereocenters. The first-order valence-corrected chi connectivity index (χ1v) is 6.75. The lowest BCUT2D eigenvalue weighted by Crippen LogP contribution is -2.43. The van der Waals surface area contributed by atoms with E-state index in [1.54, 1.807) is 12.4 Å². The van der Waals surface area contributed by atoms with Crippen LogP contribution < -0.4 is 5.32 Å². The Kier molecular flexibility index (Phi) is 4.77. The van der Waals surface area contributed by atoms with Crippen LogP contribution in [0.25, 0.3) is 0 Å². The van der Waals surface area contributed by atoms with Gasteiger partial charge >= 0.3 is 0 Å². The third-order valence-corrected chi connectivity index (χ3v) is 4.02. The Hall–Kier alpha value is -1.13. The van der Waals surface area contributed by atoms with Crippen molar-refractivity contribution < 1.29 is 4.79 Å². The molecule has 2 aliphatic heterocycles. The first kappa shape index (κ1) is 14.3. The van der Waals surface area contributed by atoms with E-state index >= 15 is 0 Å².